The van der Waals surface area contributed by atoms with Crippen molar-refractivity contribution in [3.63, 3.8) is 0 Å². The zero-order valence-corrected chi connectivity index (χ0v) is 25.3. The van der Waals surface area contributed by atoms with Gasteiger partial charge in [0.05, 0.1) is 10.6 Å². The van der Waals surface area contributed by atoms with E-state index in [1.807, 2.05) is 81.4 Å². The van der Waals surface area contributed by atoms with Crippen molar-refractivity contribution in [2.75, 3.05) is 10.8 Å². The van der Waals surface area contributed by atoms with Crippen LogP contribution in [-0.2, 0) is 32.6 Å². The molecule has 43 heavy (non-hydrogen) atoms. The fourth-order valence-corrected chi connectivity index (χ4v) is 6.10. The molecule has 0 fully saturated rings. The molecule has 4 rings (SSSR count). The molecule has 4 aromatic carbocycles. The van der Waals surface area contributed by atoms with Crippen LogP contribution in [0.3, 0.4) is 0 Å². The van der Waals surface area contributed by atoms with Crippen LogP contribution in [0.4, 0.5) is 10.1 Å². The fourth-order valence-electron chi connectivity index (χ4n) is 4.69. The van der Waals surface area contributed by atoms with E-state index in [-0.39, 0.29) is 35.5 Å². The third-order valence-electron chi connectivity index (χ3n) is 6.90. The lowest BCUT2D eigenvalue weighted by atomic mass is 10.0. The zero-order chi connectivity index (χ0) is 31.0. The molecule has 0 aliphatic carbocycles. The first-order chi connectivity index (χ1) is 20.5. The number of amides is 2. The van der Waals surface area contributed by atoms with Gasteiger partial charge in [0.25, 0.3) is 10.0 Å². The first-order valence-electron chi connectivity index (χ1n) is 14.1. The van der Waals surface area contributed by atoms with Gasteiger partial charge in [0, 0.05) is 19.0 Å². The number of hydrogen-bond acceptors (Lipinski definition) is 4. The second-order valence-electron chi connectivity index (χ2n) is 10.7. The Balaban J connectivity index is 1.78. The van der Waals surface area contributed by atoms with Crippen molar-refractivity contribution in [3.05, 3.63) is 132 Å². The van der Waals surface area contributed by atoms with E-state index in [1.54, 1.807) is 12.1 Å². The first kappa shape index (κ1) is 31.4. The number of halogens is 1. The van der Waals surface area contributed by atoms with Crippen molar-refractivity contribution in [2.24, 2.45) is 0 Å². The number of anilines is 1. The predicted octanol–water partition coefficient (Wildman–Crippen LogP) is 5.49. The van der Waals surface area contributed by atoms with E-state index < -0.39 is 34.3 Å². The van der Waals surface area contributed by atoms with Crippen molar-refractivity contribution in [1.29, 1.82) is 0 Å². The lowest BCUT2D eigenvalue weighted by molar-refractivity contribution is -0.140. The molecule has 0 aliphatic heterocycles. The van der Waals surface area contributed by atoms with E-state index >= 15 is 0 Å². The monoisotopic (exact) mass is 601 g/mol. The molecule has 0 radical (unpaired) electrons. The fraction of sp³-hybridized carbons (Fsp3) is 0.235. The minimum atomic E-state index is -4.25. The van der Waals surface area contributed by atoms with Gasteiger partial charge in [-0.2, -0.15) is 0 Å². The number of nitrogens with zero attached hydrogens (tertiary/aromatic N) is 2. The van der Waals surface area contributed by atoms with Crippen LogP contribution < -0.4 is 9.62 Å². The van der Waals surface area contributed by atoms with Crippen LogP contribution in [0.25, 0.3) is 0 Å². The van der Waals surface area contributed by atoms with E-state index in [4.69, 9.17) is 0 Å². The van der Waals surface area contributed by atoms with E-state index in [1.165, 1.54) is 29.2 Å². The van der Waals surface area contributed by atoms with Crippen molar-refractivity contribution >= 4 is 27.5 Å². The highest BCUT2D eigenvalue weighted by Crippen LogP contribution is 2.25. The minimum Gasteiger partial charge on any atom is -0.352 e. The molecular weight excluding hydrogens is 565 g/mol. The summed E-state index contributed by atoms with van der Waals surface area (Å²) in [7, 11) is -4.25. The summed E-state index contributed by atoms with van der Waals surface area (Å²) < 4.78 is 42.8. The van der Waals surface area contributed by atoms with Crippen molar-refractivity contribution in [2.45, 2.75) is 50.7 Å². The van der Waals surface area contributed by atoms with Crippen LogP contribution in [-0.4, -0.2) is 43.8 Å². The normalized spacial score (nSPS) is 12.0. The summed E-state index contributed by atoms with van der Waals surface area (Å²) >= 11 is 0. The number of hydrogen-bond donors (Lipinski definition) is 1. The van der Waals surface area contributed by atoms with Crippen LogP contribution >= 0.6 is 0 Å². The van der Waals surface area contributed by atoms with Gasteiger partial charge in [-0.3, -0.25) is 13.9 Å². The SMILES string of the molecule is Cc1ccc(S(=O)(=O)N(CC(=O)N(Cc2ccccc2)C(Cc2ccccc2)C(=O)NC(C)C)c2ccc(F)cc2)cc1. The molecule has 0 aliphatic rings. The number of carbonyl (C=O) groups is 2. The molecule has 0 saturated carbocycles. The zero-order valence-electron chi connectivity index (χ0n) is 24.5. The summed E-state index contributed by atoms with van der Waals surface area (Å²) in [6, 6.07) is 28.7. The Morgan fingerprint density at radius 1 is 0.791 bits per heavy atom. The Hall–Kier alpha value is -4.50. The Kier molecular flexibility index (Phi) is 10.3. The molecule has 2 amide bonds. The number of sulfonamides is 1. The summed E-state index contributed by atoms with van der Waals surface area (Å²) in [6.07, 6.45) is 0.221. The number of rotatable bonds is 12. The number of nitrogens with one attached hydrogen (secondary N) is 1. The van der Waals surface area contributed by atoms with E-state index in [0.717, 1.165) is 33.1 Å². The van der Waals surface area contributed by atoms with Crippen LogP contribution in [0.2, 0.25) is 0 Å². The topological polar surface area (TPSA) is 86.8 Å². The average molecular weight is 602 g/mol. The molecule has 9 heteroatoms. The quantitative estimate of drug-likeness (QED) is 0.233. The highest BCUT2D eigenvalue weighted by molar-refractivity contribution is 7.92. The minimum absolute atomic E-state index is 0.0109. The molecule has 1 atom stereocenters. The Bertz CT molecular complexity index is 1610. The highest BCUT2D eigenvalue weighted by Gasteiger charge is 2.34. The Morgan fingerprint density at radius 2 is 1.35 bits per heavy atom. The molecule has 1 unspecified atom stereocenters. The Morgan fingerprint density at radius 3 is 1.91 bits per heavy atom. The molecule has 1 N–H and O–H groups in total. The molecule has 224 valence electrons. The molecule has 7 nitrogen and oxygen atoms in total. The van der Waals surface area contributed by atoms with Crippen LogP contribution in [0.5, 0.6) is 0 Å². The molecular formula is C34H36FN3O4S. The molecule has 4 aromatic rings. The van der Waals surface area contributed by atoms with E-state index in [9.17, 15) is 22.4 Å². The summed E-state index contributed by atoms with van der Waals surface area (Å²) in [5.74, 6) is -1.47. The third kappa shape index (κ3) is 8.29. The maximum atomic E-state index is 14.3. The first-order valence-corrected chi connectivity index (χ1v) is 15.5. The van der Waals surface area contributed by atoms with Gasteiger partial charge >= 0.3 is 0 Å². The van der Waals surface area contributed by atoms with Crippen molar-refractivity contribution in [3.8, 4) is 0 Å². The number of carbonyl (C=O) groups excluding carboxylic acids is 2. The van der Waals surface area contributed by atoms with Gasteiger partial charge in [0.15, 0.2) is 0 Å². The molecule has 0 aromatic heterocycles. The van der Waals surface area contributed by atoms with Crippen LogP contribution in [0, 0.1) is 12.7 Å². The summed E-state index contributed by atoms with van der Waals surface area (Å²) in [5.41, 5.74) is 2.62. The summed E-state index contributed by atoms with van der Waals surface area (Å²) in [6.45, 7) is 4.99. The third-order valence-corrected chi connectivity index (χ3v) is 8.69. The van der Waals surface area contributed by atoms with Gasteiger partial charge in [-0.05, 0) is 68.3 Å². The Labute approximate surface area is 253 Å². The van der Waals surface area contributed by atoms with Crippen LogP contribution in [0.15, 0.2) is 114 Å². The molecule has 0 spiro atoms. The number of benzene rings is 4. The molecule has 0 bridgehead atoms. The largest absolute Gasteiger partial charge is 0.352 e. The second kappa shape index (κ2) is 14.1. The van der Waals surface area contributed by atoms with Crippen molar-refractivity contribution in [1.82, 2.24) is 10.2 Å². The van der Waals surface area contributed by atoms with Gasteiger partial charge in [-0.1, -0.05) is 78.4 Å². The average Bonchev–Trinajstić information content (AvgIpc) is 2.99. The highest BCUT2D eigenvalue weighted by atomic mass is 32.2. The van der Waals surface area contributed by atoms with Gasteiger partial charge in [-0.25, -0.2) is 12.8 Å². The van der Waals surface area contributed by atoms with Gasteiger partial charge in [0.2, 0.25) is 11.8 Å². The van der Waals surface area contributed by atoms with Gasteiger partial charge in [-0.15, -0.1) is 0 Å². The maximum Gasteiger partial charge on any atom is 0.264 e. The molecule has 0 saturated heterocycles. The summed E-state index contributed by atoms with van der Waals surface area (Å²) in [5, 5.41) is 2.93. The maximum absolute atomic E-state index is 14.3. The van der Waals surface area contributed by atoms with Gasteiger partial charge in [0.1, 0.15) is 18.4 Å². The lowest BCUT2D eigenvalue weighted by Crippen LogP contribution is -2.54. The predicted molar refractivity (Wildman–Crippen MR) is 166 cm³/mol. The second-order valence-corrected chi connectivity index (χ2v) is 12.5. The standard InChI is InChI=1S/C34H36FN3O4S/c1-25(2)36-34(40)32(22-27-10-6-4-7-11-27)37(23-28-12-8-5-9-13-28)33(39)24-38(30-18-16-29(35)17-19-30)43(41,42)31-20-14-26(3)15-21-31/h4-21,25,32H,22-24H2,1-3H3,(H,36,40). The van der Waals surface area contributed by atoms with Crippen molar-refractivity contribution < 1.29 is 22.4 Å². The lowest BCUT2D eigenvalue weighted by Gasteiger charge is -2.34. The summed E-state index contributed by atoms with van der Waals surface area (Å²) in [4.78, 5) is 29.4. The van der Waals surface area contributed by atoms with E-state index in [0.29, 0.717) is 0 Å². The smallest absolute Gasteiger partial charge is 0.264 e. The molecule has 0 heterocycles. The van der Waals surface area contributed by atoms with E-state index in [2.05, 4.69) is 5.32 Å². The van der Waals surface area contributed by atoms with Crippen LogP contribution in [0.1, 0.15) is 30.5 Å². The van der Waals surface area contributed by atoms with Gasteiger partial charge < -0.3 is 10.2 Å². The number of aryl methyl sites for hydroxylation is 1.